The van der Waals surface area contributed by atoms with Crippen molar-refractivity contribution in [3.63, 3.8) is 0 Å². The average Bonchev–Trinajstić information content (AvgIpc) is 2.31. The lowest BCUT2D eigenvalue weighted by molar-refractivity contribution is -0.133. The number of carbonyl (C=O) groups is 1. The number of aromatic nitrogens is 1. The highest BCUT2D eigenvalue weighted by Gasteiger charge is 2.15. The van der Waals surface area contributed by atoms with Crippen molar-refractivity contribution in [2.24, 2.45) is 0 Å². The van der Waals surface area contributed by atoms with E-state index in [9.17, 15) is 4.79 Å². The van der Waals surface area contributed by atoms with Gasteiger partial charge in [-0.3, -0.25) is 9.78 Å². The van der Waals surface area contributed by atoms with Crippen molar-refractivity contribution in [1.29, 1.82) is 0 Å². The first-order chi connectivity index (χ1) is 7.77. The summed E-state index contributed by atoms with van der Waals surface area (Å²) in [5.41, 5.74) is 0.638. The number of nitrogens with zero attached hydrogens (tertiary/aromatic N) is 1. The maximum Gasteiger partial charge on any atom is 0.168 e. The second-order valence-corrected chi connectivity index (χ2v) is 3.20. The van der Waals surface area contributed by atoms with Crippen LogP contribution in [0.1, 0.15) is 30.6 Å². The number of hydrogen-bond acceptors (Lipinski definition) is 4. The molecule has 0 saturated heterocycles. The van der Waals surface area contributed by atoms with Crippen molar-refractivity contribution < 1.29 is 14.3 Å². The van der Waals surface area contributed by atoms with E-state index in [0.717, 1.165) is 0 Å². The predicted octanol–water partition coefficient (Wildman–Crippen LogP) is 2.05. The van der Waals surface area contributed by atoms with E-state index in [1.165, 1.54) is 0 Å². The third-order valence-corrected chi connectivity index (χ3v) is 2.06. The molecule has 0 unspecified atom stereocenters. The van der Waals surface area contributed by atoms with Crippen molar-refractivity contribution in [2.75, 3.05) is 13.2 Å². The number of ether oxygens (including phenoxy) is 2. The summed E-state index contributed by atoms with van der Waals surface area (Å²) in [7, 11) is 0. The summed E-state index contributed by atoms with van der Waals surface area (Å²) in [5.74, 6) is 0.00861. The summed E-state index contributed by atoms with van der Waals surface area (Å²) in [6.07, 6.45) is 2.99. The van der Waals surface area contributed by atoms with Crippen LogP contribution in [0.4, 0.5) is 0 Å². The first-order valence-electron chi connectivity index (χ1n) is 5.44. The summed E-state index contributed by atoms with van der Waals surface area (Å²) in [4.78, 5) is 15.7. The van der Waals surface area contributed by atoms with Crippen molar-refractivity contribution >= 4 is 5.78 Å². The third kappa shape index (κ3) is 4.08. The van der Waals surface area contributed by atoms with Crippen LogP contribution < -0.4 is 0 Å². The van der Waals surface area contributed by atoms with Gasteiger partial charge in [0.05, 0.1) is 6.42 Å². The number of hydrogen-bond donors (Lipinski definition) is 0. The summed E-state index contributed by atoms with van der Waals surface area (Å²) < 4.78 is 10.6. The topological polar surface area (TPSA) is 48.4 Å². The van der Waals surface area contributed by atoms with Crippen molar-refractivity contribution in [2.45, 2.75) is 26.6 Å². The van der Waals surface area contributed by atoms with Gasteiger partial charge in [-0.2, -0.15) is 0 Å². The standard InChI is InChI=1S/C12H17NO3/c1-3-15-12(16-4-2)9-11(14)10-5-7-13-8-6-10/h5-8,12H,3-4,9H2,1-2H3. The molecule has 0 radical (unpaired) electrons. The summed E-state index contributed by atoms with van der Waals surface area (Å²) in [6.45, 7) is 4.83. The number of Topliss-reactive ketones (excluding diaryl/α,β-unsaturated/α-hetero) is 1. The maximum absolute atomic E-state index is 11.8. The van der Waals surface area contributed by atoms with Gasteiger partial charge in [0.2, 0.25) is 0 Å². The number of pyridine rings is 1. The molecule has 1 aromatic heterocycles. The van der Waals surface area contributed by atoms with E-state index in [2.05, 4.69) is 4.98 Å². The Balaban J connectivity index is 2.54. The minimum absolute atomic E-state index is 0.00861. The van der Waals surface area contributed by atoms with E-state index >= 15 is 0 Å². The molecule has 0 aliphatic carbocycles. The van der Waals surface area contributed by atoms with E-state index in [1.807, 2.05) is 13.8 Å². The highest BCUT2D eigenvalue weighted by atomic mass is 16.7. The van der Waals surface area contributed by atoms with Gasteiger partial charge >= 0.3 is 0 Å². The van der Waals surface area contributed by atoms with Gasteiger partial charge in [-0.1, -0.05) is 0 Å². The fourth-order valence-corrected chi connectivity index (χ4v) is 1.34. The number of carbonyl (C=O) groups excluding carboxylic acids is 1. The van der Waals surface area contributed by atoms with Gasteiger partial charge in [0.15, 0.2) is 12.1 Å². The van der Waals surface area contributed by atoms with Crippen LogP contribution >= 0.6 is 0 Å². The predicted molar refractivity (Wildman–Crippen MR) is 60.2 cm³/mol. The molecule has 0 aliphatic heterocycles. The molecule has 0 N–H and O–H groups in total. The first-order valence-corrected chi connectivity index (χ1v) is 5.44. The smallest absolute Gasteiger partial charge is 0.168 e. The lowest BCUT2D eigenvalue weighted by Gasteiger charge is -2.15. The Hall–Kier alpha value is -1.26. The molecular weight excluding hydrogens is 206 g/mol. The van der Waals surface area contributed by atoms with Crippen LogP contribution in [0.25, 0.3) is 0 Å². The fourth-order valence-electron chi connectivity index (χ4n) is 1.34. The normalized spacial score (nSPS) is 10.7. The molecule has 88 valence electrons. The minimum Gasteiger partial charge on any atom is -0.352 e. The van der Waals surface area contributed by atoms with Gasteiger partial charge in [-0.05, 0) is 26.0 Å². The van der Waals surface area contributed by atoms with E-state index in [4.69, 9.17) is 9.47 Å². The number of ketones is 1. The SMILES string of the molecule is CCOC(CC(=O)c1ccncc1)OCC. The molecule has 0 saturated carbocycles. The van der Waals surface area contributed by atoms with E-state index in [0.29, 0.717) is 18.8 Å². The lowest BCUT2D eigenvalue weighted by Crippen LogP contribution is -2.21. The van der Waals surface area contributed by atoms with E-state index in [1.54, 1.807) is 24.5 Å². The van der Waals surface area contributed by atoms with Gasteiger partial charge in [0, 0.05) is 31.2 Å². The molecule has 0 atom stereocenters. The Labute approximate surface area is 95.6 Å². The Morgan fingerprint density at radius 2 is 1.81 bits per heavy atom. The summed E-state index contributed by atoms with van der Waals surface area (Å²) >= 11 is 0. The number of rotatable bonds is 7. The maximum atomic E-state index is 11.8. The molecule has 0 amide bonds. The van der Waals surface area contributed by atoms with Crippen molar-refractivity contribution in [3.05, 3.63) is 30.1 Å². The van der Waals surface area contributed by atoms with Crippen LogP contribution in [-0.2, 0) is 9.47 Å². The zero-order valence-corrected chi connectivity index (χ0v) is 9.68. The van der Waals surface area contributed by atoms with Gasteiger partial charge in [0.25, 0.3) is 0 Å². The van der Waals surface area contributed by atoms with Gasteiger partial charge < -0.3 is 9.47 Å². The van der Waals surface area contributed by atoms with Crippen LogP contribution in [0.5, 0.6) is 0 Å². The van der Waals surface area contributed by atoms with Crippen LogP contribution in [0.2, 0.25) is 0 Å². The van der Waals surface area contributed by atoms with Gasteiger partial charge in [0.1, 0.15) is 0 Å². The Morgan fingerprint density at radius 3 is 2.31 bits per heavy atom. The lowest BCUT2D eigenvalue weighted by atomic mass is 10.1. The molecule has 0 fully saturated rings. The van der Waals surface area contributed by atoms with Crippen molar-refractivity contribution in [1.82, 2.24) is 4.98 Å². The molecule has 0 aliphatic rings. The molecule has 0 bridgehead atoms. The monoisotopic (exact) mass is 223 g/mol. The van der Waals surface area contributed by atoms with Crippen LogP contribution in [0, 0.1) is 0 Å². The zero-order valence-electron chi connectivity index (χ0n) is 9.68. The molecule has 1 rings (SSSR count). The van der Waals surface area contributed by atoms with E-state index < -0.39 is 6.29 Å². The van der Waals surface area contributed by atoms with Gasteiger partial charge in [-0.25, -0.2) is 0 Å². The third-order valence-electron chi connectivity index (χ3n) is 2.06. The molecule has 0 aromatic carbocycles. The summed E-state index contributed by atoms with van der Waals surface area (Å²) in [6, 6.07) is 3.38. The van der Waals surface area contributed by atoms with Crippen LogP contribution in [0.15, 0.2) is 24.5 Å². The minimum atomic E-state index is -0.448. The highest BCUT2D eigenvalue weighted by molar-refractivity contribution is 5.96. The zero-order chi connectivity index (χ0) is 11.8. The first kappa shape index (κ1) is 12.8. The van der Waals surface area contributed by atoms with Crippen molar-refractivity contribution in [3.8, 4) is 0 Å². The van der Waals surface area contributed by atoms with Crippen LogP contribution in [-0.4, -0.2) is 30.3 Å². The quantitative estimate of drug-likeness (QED) is 0.524. The molecule has 1 aromatic rings. The fraction of sp³-hybridized carbons (Fsp3) is 0.500. The largest absolute Gasteiger partial charge is 0.352 e. The Bertz CT molecular complexity index is 307. The molecule has 0 spiro atoms. The van der Waals surface area contributed by atoms with Crippen LogP contribution in [0.3, 0.4) is 0 Å². The molecular formula is C12H17NO3. The molecule has 4 heteroatoms. The average molecular weight is 223 g/mol. The highest BCUT2D eigenvalue weighted by Crippen LogP contribution is 2.08. The molecule has 4 nitrogen and oxygen atoms in total. The molecule has 1 heterocycles. The second kappa shape index (κ2) is 7.09. The molecule has 16 heavy (non-hydrogen) atoms. The second-order valence-electron chi connectivity index (χ2n) is 3.20. The summed E-state index contributed by atoms with van der Waals surface area (Å²) in [5, 5.41) is 0. The Kier molecular flexibility index (Phi) is 5.67. The van der Waals surface area contributed by atoms with Gasteiger partial charge in [-0.15, -0.1) is 0 Å². The Morgan fingerprint density at radius 1 is 1.25 bits per heavy atom. The van der Waals surface area contributed by atoms with E-state index in [-0.39, 0.29) is 12.2 Å².